The molecule has 224 valence electrons. The van der Waals surface area contributed by atoms with Gasteiger partial charge in [-0.2, -0.15) is 0 Å². The third-order valence-corrected chi connectivity index (χ3v) is 9.03. The number of anilines is 5. The Kier molecular flexibility index (Phi) is 7.45. The van der Waals surface area contributed by atoms with Crippen LogP contribution in [0.15, 0.2) is 188 Å². The van der Waals surface area contributed by atoms with E-state index in [2.05, 4.69) is 205 Å². The van der Waals surface area contributed by atoms with E-state index in [0.29, 0.717) is 0 Å². The van der Waals surface area contributed by atoms with Gasteiger partial charge in [-0.15, -0.1) is 0 Å². The van der Waals surface area contributed by atoms with Crippen LogP contribution in [0.1, 0.15) is 0 Å². The zero-order valence-electron chi connectivity index (χ0n) is 26.3. The lowest BCUT2D eigenvalue weighted by Crippen LogP contribution is -2.12. The second kappa shape index (κ2) is 12.3. The molecule has 0 bridgehead atoms. The monoisotopic (exact) mass is 602 g/mol. The first-order valence-electron chi connectivity index (χ1n) is 16.1. The summed E-state index contributed by atoms with van der Waals surface area (Å²) in [5.41, 5.74) is 10.4. The van der Waals surface area contributed by atoms with Crippen molar-refractivity contribution in [2.75, 3.05) is 16.8 Å². The van der Waals surface area contributed by atoms with Crippen LogP contribution in [0.4, 0.5) is 28.4 Å². The van der Waals surface area contributed by atoms with Crippen molar-refractivity contribution in [3.05, 3.63) is 188 Å². The number of nitrogens with zero attached hydrogens (tertiary/aromatic N) is 2. The third-order valence-electron chi connectivity index (χ3n) is 9.03. The summed E-state index contributed by atoms with van der Waals surface area (Å²) in [5, 5.41) is 5.04. The predicted octanol–water partition coefficient (Wildman–Crippen LogP) is 12.6. The van der Waals surface area contributed by atoms with Crippen molar-refractivity contribution in [2.24, 2.45) is 0 Å². The Morgan fingerprint density at radius 2 is 0.787 bits per heavy atom. The van der Waals surface area contributed by atoms with E-state index < -0.39 is 0 Å². The lowest BCUT2D eigenvalue weighted by atomic mass is 9.99. The second-order valence-corrected chi connectivity index (χ2v) is 11.9. The highest BCUT2D eigenvalue weighted by Crippen LogP contribution is 2.41. The van der Waals surface area contributed by atoms with E-state index in [0.717, 1.165) is 22.7 Å². The maximum atomic E-state index is 2.36. The molecule has 8 aromatic carbocycles. The maximum Gasteiger partial charge on any atom is 0.0494 e. The van der Waals surface area contributed by atoms with Gasteiger partial charge in [-0.3, -0.25) is 0 Å². The number of benzene rings is 8. The van der Waals surface area contributed by atoms with E-state index in [4.69, 9.17) is 0 Å². The molecule has 0 aliphatic heterocycles. The molecule has 2 heteroatoms. The minimum atomic E-state index is 1.10. The van der Waals surface area contributed by atoms with Gasteiger partial charge in [-0.1, -0.05) is 133 Å². The molecule has 0 radical (unpaired) electrons. The molecule has 0 spiro atoms. The summed E-state index contributed by atoms with van der Waals surface area (Å²) < 4.78 is 0. The Morgan fingerprint density at radius 3 is 1.38 bits per heavy atom. The molecule has 8 rings (SSSR count). The molecule has 0 fully saturated rings. The highest BCUT2D eigenvalue weighted by molar-refractivity contribution is 6.13. The van der Waals surface area contributed by atoms with Crippen LogP contribution in [-0.2, 0) is 0 Å². The van der Waals surface area contributed by atoms with Gasteiger partial charge in [0.1, 0.15) is 0 Å². The minimum absolute atomic E-state index is 1.10. The molecule has 2 nitrogen and oxygen atoms in total. The highest BCUT2D eigenvalue weighted by atomic mass is 15.1. The maximum absolute atomic E-state index is 2.36. The van der Waals surface area contributed by atoms with Crippen molar-refractivity contribution in [3.8, 4) is 22.3 Å². The molecule has 47 heavy (non-hydrogen) atoms. The van der Waals surface area contributed by atoms with Gasteiger partial charge in [0.05, 0.1) is 0 Å². The number of fused-ring (bicyclic) bond motifs is 3. The molecule has 0 aromatic heterocycles. The average Bonchev–Trinajstić information content (AvgIpc) is 3.15. The largest absolute Gasteiger partial charge is 0.344 e. The average molecular weight is 603 g/mol. The molecule has 0 amide bonds. The van der Waals surface area contributed by atoms with Gasteiger partial charge in [0.25, 0.3) is 0 Å². The molecule has 0 unspecified atom stereocenters. The van der Waals surface area contributed by atoms with Gasteiger partial charge in [0.2, 0.25) is 0 Å². The predicted molar refractivity (Wildman–Crippen MR) is 202 cm³/mol. The van der Waals surface area contributed by atoms with Crippen LogP contribution in [0.2, 0.25) is 0 Å². The standard InChI is InChI=1S/C45H34N2/c1-46(45-32-37-18-8-9-23-42(37)43-24-10-11-25-44(43)45)38-26-28-39(29-27-38)47(40-21-12-19-35(30-40)33-14-4-2-5-15-33)41-22-13-20-36(31-41)34-16-6-3-7-17-34/h2-32H,1H3. The van der Waals surface area contributed by atoms with Crippen LogP contribution in [0.25, 0.3) is 43.8 Å². The zero-order valence-corrected chi connectivity index (χ0v) is 26.3. The third kappa shape index (κ3) is 5.51. The summed E-state index contributed by atoms with van der Waals surface area (Å²) in [7, 11) is 2.16. The second-order valence-electron chi connectivity index (χ2n) is 11.9. The van der Waals surface area contributed by atoms with Crippen molar-refractivity contribution >= 4 is 50.0 Å². The van der Waals surface area contributed by atoms with Crippen LogP contribution < -0.4 is 9.80 Å². The lowest BCUT2D eigenvalue weighted by Gasteiger charge is -2.28. The molecule has 0 N–H and O–H groups in total. The van der Waals surface area contributed by atoms with Crippen LogP contribution >= 0.6 is 0 Å². The summed E-state index contributed by atoms with van der Waals surface area (Å²) in [6.45, 7) is 0. The first-order valence-corrected chi connectivity index (χ1v) is 16.1. The summed E-state index contributed by atoms with van der Waals surface area (Å²) in [6.07, 6.45) is 0. The molecular formula is C45H34N2. The normalized spacial score (nSPS) is 11.1. The number of rotatable bonds is 7. The van der Waals surface area contributed by atoms with Crippen LogP contribution in [0.5, 0.6) is 0 Å². The van der Waals surface area contributed by atoms with Gasteiger partial charge in [-0.05, 0) is 93.0 Å². The van der Waals surface area contributed by atoms with Gasteiger partial charge in [-0.25, -0.2) is 0 Å². The van der Waals surface area contributed by atoms with Crippen molar-refractivity contribution < 1.29 is 0 Å². The quantitative estimate of drug-likeness (QED) is 0.167. The van der Waals surface area contributed by atoms with E-state index in [1.807, 2.05) is 0 Å². The lowest BCUT2D eigenvalue weighted by molar-refractivity contribution is 1.21. The Hall–Kier alpha value is -6.12. The van der Waals surface area contributed by atoms with Gasteiger partial charge < -0.3 is 9.80 Å². The van der Waals surface area contributed by atoms with Crippen molar-refractivity contribution in [3.63, 3.8) is 0 Å². The van der Waals surface area contributed by atoms with Crippen LogP contribution in [-0.4, -0.2) is 7.05 Å². The van der Waals surface area contributed by atoms with E-state index in [1.54, 1.807) is 0 Å². The van der Waals surface area contributed by atoms with Crippen molar-refractivity contribution in [1.29, 1.82) is 0 Å². The molecular weight excluding hydrogens is 569 g/mol. The van der Waals surface area contributed by atoms with Crippen LogP contribution in [0, 0.1) is 0 Å². The first-order chi connectivity index (χ1) is 23.2. The Labute approximate surface area is 276 Å². The SMILES string of the molecule is CN(c1ccc(N(c2cccc(-c3ccccc3)c2)c2cccc(-c3ccccc3)c2)cc1)c1cc2ccccc2c2ccccc12. The number of hydrogen-bond acceptors (Lipinski definition) is 2. The van der Waals surface area contributed by atoms with E-state index in [9.17, 15) is 0 Å². The topological polar surface area (TPSA) is 6.48 Å². The molecule has 0 saturated carbocycles. The fraction of sp³-hybridized carbons (Fsp3) is 0.0222. The fourth-order valence-electron chi connectivity index (χ4n) is 6.63. The summed E-state index contributed by atoms with van der Waals surface area (Å²) >= 11 is 0. The summed E-state index contributed by atoms with van der Waals surface area (Å²) in [4.78, 5) is 4.66. The highest BCUT2D eigenvalue weighted by Gasteiger charge is 2.16. The van der Waals surface area contributed by atoms with Gasteiger partial charge in [0, 0.05) is 40.9 Å². The van der Waals surface area contributed by atoms with E-state index >= 15 is 0 Å². The van der Waals surface area contributed by atoms with Gasteiger partial charge in [0.15, 0.2) is 0 Å². The van der Waals surface area contributed by atoms with Crippen molar-refractivity contribution in [2.45, 2.75) is 0 Å². The molecule has 0 aliphatic rings. The minimum Gasteiger partial charge on any atom is -0.344 e. The summed E-state index contributed by atoms with van der Waals surface area (Å²) in [6, 6.07) is 67.4. The van der Waals surface area contributed by atoms with Crippen LogP contribution in [0.3, 0.4) is 0 Å². The Morgan fingerprint density at radius 1 is 0.319 bits per heavy atom. The van der Waals surface area contributed by atoms with E-state index in [-0.39, 0.29) is 0 Å². The molecule has 0 saturated heterocycles. The van der Waals surface area contributed by atoms with Crippen molar-refractivity contribution in [1.82, 2.24) is 0 Å². The Bertz CT molecular complexity index is 2230. The first kappa shape index (κ1) is 28.4. The zero-order chi connectivity index (χ0) is 31.6. The molecule has 8 aromatic rings. The summed E-state index contributed by atoms with van der Waals surface area (Å²) in [5.74, 6) is 0. The fourth-order valence-corrected chi connectivity index (χ4v) is 6.63. The number of hydrogen-bond donors (Lipinski definition) is 0. The molecule has 0 atom stereocenters. The molecule has 0 aliphatic carbocycles. The Balaban J connectivity index is 1.22. The smallest absolute Gasteiger partial charge is 0.0494 e. The van der Waals surface area contributed by atoms with E-state index in [1.165, 1.54) is 49.5 Å². The van der Waals surface area contributed by atoms with Gasteiger partial charge >= 0.3 is 0 Å². The molecule has 0 heterocycles.